The minimum absolute atomic E-state index is 0.0621. The van der Waals surface area contributed by atoms with Crippen LogP contribution in [0.1, 0.15) is 41.6 Å². The van der Waals surface area contributed by atoms with Crippen molar-refractivity contribution in [2.24, 2.45) is 13.0 Å². The third-order valence-corrected chi connectivity index (χ3v) is 6.48. The van der Waals surface area contributed by atoms with Crippen molar-refractivity contribution >= 4 is 35.2 Å². The second-order valence-corrected chi connectivity index (χ2v) is 9.30. The number of amides is 2. The molecule has 1 heterocycles. The molecule has 1 atom stereocenters. The van der Waals surface area contributed by atoms with Gasteiger partial charge in [0.25, 0.3) is 5.91 Å². The number of aromatic nitrogens is 3. The Morgan fingerprint density at radius 2 is 1.76 bits per heavy atom. The molecule has 3 aromatic rings. The second kappa shape index (κ2) is 11.9. The quantitative estimate of drug-likeness (QED) is 0.423. The van der Waals surface area contributed by atoms with Crippen molar-refractivity contribution in [3.63, 3.8) is 0 Å². The summed E-state index contributed by atoms with van der Waals surface area (Å²) in [4.78, 5) is 25.0. The molecular formula is C24H28ClN5O2S. The summed E-state index contributed by atoms with van der Waals surface area (Å²) in [6.07, 6.45) is 0.784. The molecule has 2 amide bonds. The van der Waals surface area contributed by atoms with E-state index in [0.29, 0.717) is 28.1 Å². The molecule has 0 spiro atoms. The van der Waals surface area contributed by atoms with Gasteiger partial charge in [0.15, 0.2) is 11.0 Å². The predicted molar refractivity (Wildman–Crippen MR) is 131 cm³/mol. The van der Waals surface area contributed by atoms with Crippen LogP contribution in [-0.4, -0.2) is 38.9 Å². The van der Waals surface area contributed by atoms with Gasteiger partial charge in [0, 0.05) is 13.6 Å². The minimum Gasteiger partial charge on any atom is -0.355 e. The first kappa shape index (κ1) is 24.8. The molecule has 9 heteroatoms. The maximum Gasteiger partial charge on any atom is 0.253 e. The van der Waals surface area contributed by atoms with E-state index in [1.807, 2.05) is 55.8 Å². The minimum atomic E-state index is -0.361. The molecule has 3 rings (SSSR count). The van der Waals surface area contributed by atoms with Gasteiger partial charge in [-0.3, -0.25) is 9.59 Å². The van der Waals surface area contributed by atoms with Gasteiger partial charge < -0.3 is 15.2 Å². The van der Waals surface area contributed by atoms with E-state index in [2.05, 4.69) is 20.8 Å². The van der Waals surface area contributed by atoms with Crippen LogP contribution in [0.25, 0.3) is 0 Å². The molecule has 0 aliphatic carbocycles. The lowest BCUT2D eigenvalue weighted by molar-refractivity contribution is -0.118. The van der Waals surface area contributed by atoms with Crippen LogP contribution in [-0.2, 0) is 18.3 Å². The van der Waals surface area contributed by atoms with Crippen LogP contribution < -0.4 is 10.6 Å². The number of halogens is 1. The molecule has 0 radical (unpaired) electrons. The van der Waals surface area contributed by atoms with Gasteiger partial charge in [-0.1, -0.05) is 79.7 Å². The Morgan fingerprint density at radius 3 is 2.45 bits per heavy atom. The van der Waals surface area contributed by atoms with Gasteiger partial charge in [0.2, 0.25) is 5.91 Å². The largest absolute Gasteiger partial charge is 0.355 e. The van der Waals surface area contributed by atoms with Gasteiger partial charge in [-0.15, -0.1) is 10.2 Å². The van der Waals surface area contributed by atoms with Gasteiger partial charge in [-0.05, 0) is 30.0 Å². The Kier molecular flexibility index (Phi) is 8.91. The molecule has 0 bridgehead atoms. The normalized spacial score (nSPS) is 11.9. The van der Waals surface area contributed by atoms with Crippen molar-refractivity contribution in [3.8, 4) is 0 Å². The first-order chi connectivity index (χ1) is 15.9. The molecule has 0 aliphatic heterocycles. The maximum absolute atomic E-state index is 12.8. The number of hydrogen-bond donors (Lipinski definition) is 2. The molecule has 2 aromatic carbocycles. The van der Waals surface area contributed by atoms with Gasteiger partial charge >= 0.3 is 0 Å². The van der Waals surface area contributed by atoms with Crippen LogP contribution in [0.2, 0.25) is 5.02 Å². The third kappa shape index (κ3) is 6.82. The van der Waals surface area contributed by atoms with E-state index < -0.39 is 0 Å². The lowest BCUT2D eigenvalue weighted by Gasteiger charge is -2.22. The first-order valence-corrected chi connectivity index (χ1v) is 12.1. The highest BCUT2D eigenvalue weighted by atomic mass is 35.5. The molecule has 0 fully saturated rings. The highest BCUT2D eigenvalue weighted by Crippen LogP contribution is 2.25. The van der Waals surface area contributed by atoms with Gasteiger partial charge in [-0.2, -0.15) is 0 Å². The van der Waals surface area contributed by atoms with Crippen molar-refractivity contribution in [1.82, 2.24) is 25.4 Å². The topological polar surface area (TPSA) is 88.9 Å². The number of nitrogens with zero attached hydrogens (tertiary/aromatic N) is 3. The zero-order chi connectivity index (χ0) is 23.8. The van der Waals surface area contributed by atoms with Crippen molar-refractivity contribution in [3.05, 3.63) is 76.6 Å². The highest BCUT2D eigenvalue weighted by Gasteiger charge is 2.26. The number of carbonyl (C=O) groups is 2. The molecular weight excluding hydrogens is 458 g/mol. The van der Waals surface area contributed by atoms with Crippen LogP contribution in [0.4, 0.5) is 0 Å². The number of hydrogen-bond acceptors (Lipinski definition) is 5. The van der Waals surface area contributed by atoms with Crippen LogP contribution in [0.3, 0.4) is 0 Å². The van der Waals surface area contributed by atoms with Crippen molar-refractivity contribution < 1.29 is 9.59 Å². The standard InChI is InChI=1S/C24H28ClN5O2S/c1-16(2)21(27-23(32)18-11-7-8-12-19(18)25)22-28-29-24(30(22)3)33-15-20(31)26-14-13-17-9-5-4-6-10-17/h4-12,16,21H,13-15H2,1-3H3,(H,26,31)(H,27,32)/t21-/m0/s1. The van der Waals surface area contributed by atoms with Gasteiger partial charge in [0.05, 0.1) is 22.4 Å². The number of thioether (sulfide) groups is 1. The van der Waals surface area contributed by atoms with E-state index in [9.17, 15) is 9.59 Å². The Hall–Kier alpha value is -2.84. The average Bonchev–Trinajstić information content (AvgIpc) is 3.16. The lowest BCUT2D eigenvalue weighted by atomic mass is 10.0. The monoisotopic (exact) mass is 485 g/mol. The van der Waals surface area contributed by atoms with E-state index in [1.54, 1.807) is 24.3 Å². The summed E-state index contributed by atoms with van der Waals surface area (Å²) in [6.45, 7) is 4.58. The molecule has 1 aromatic heterocycles. The fraction of sp³-hybridized carbons (Fsp3) is 0.333. The molecule has 7 nitrogen and oxygen atoms in total. The Bertz CT molecular complexity index is 1090. The summed E-state index contributed by atoms with van der Waals surface area (Å²) < 4.78 is 1.82. The summed E-state index contributed by atoms with van der Waals surface area (Å²) >= 11 is 7.48. The third-order valence-electron chi connectivity index (χ3n) is 5.13. The van der Waals surface area contributed by atoms with E-state index in [-0.39, 0.29) is 29.5 Å². The number of benzene rings is 2. The van der Waals surface area contributed by atoms with E-state index in [4.69, 9.17) is 11.6 Å². The van der Waals surface area contributed by atoms with Crippen molar-refractivity contribution in [1.29, 1.82) is 0 Å². The van der Waals surface area contributed by atoms with Gasteiger partial charge in [-0.25, -0.2) is 0 Å². The Morgan fingerprint density at radius 1 is 1.06 bits per heavy atom. The Balaban J connectivity index is 1.58. The summed E-state index contributed by atoms with van der Waals surface area (Å²) in [7, 11) is 1.84. The van der Waals surface area contributed by atoms with E-state index in [1.165, 1.54) is 17.3 Å². The highest BCUT2D eigenvalue weighted by molar-refractivity contribution is 7.99. The molecule has 0 saturated heterocycles. The molecule has 0 saturated carbocycles. The summed E-state index contributed by atoms with van der Waals surface area (Å²) in [6, 6.07) is 16.6. The lowest BCUT2D eigenvalue weighted by Crippen LogP contribution is -2.33. The second-order valence-electron chi connectivity index (χ2n) is 7.95. The smallest absolute Gasteiger partial charge is 0.253 e. The Labute approximate surface area is 203 Å². The zero-order valence-electron chi connectivity index (χ0n) is 18.9. The first-order valence-electron chi connectivity index (χ1n) is 10.7. The van der Waals surface area contributed by atoms with Crippen LogP contribution in [0.15, 0.2) is 59.8 Å². The van der Waals surface area contributed by atoms with Crippen molar-refractivity contribution in [2.45, 2.75) is 31.5 Å². The number of rotatable bonds is 10. The summed E-state index contributed by atoms with van der Waals surface area (Å²) in [5.41, 5.74) is 1.59. The molecule has 0 unspecified atom stereocenters. The van der Waals surface area contributed by atoms with Crippen LogP contribution >= 0.6 is 23.4 Å². The molecule has 2 N–H and O–H groups in total. The fourth-order valence-electron chi connectivity index (χ4n) is 3.29. The zero-order valence-corrected chi connectivity index (χ0v) is 20.5. The van der Waals surface area contributed by atoms with Crippen LogP contribution in [0, 0.1) is 5.92 Å². The molecule has 33 heavy (non-hydrogen) atoms. The predicted octanol–water partition coefficient (Wildman–Crippen LogP) is 4.05. The van der Waals surface area contributed by atoms with Crippen molar-refractivity contribution in [2.75, 3.05) is 12.3 Å². The van der Waals surface area contributed by atoms with E-state index >= 15 is 0 Å². The van der Waals surface area contributed by atoms with Gasteiger partial charge in [0.1, 0.15) is 0 Å². The molecule has 174 valence electrons. The van der Waals surface area contributed by atoms with E-state index in [0.717, 1.165) is 6.42 Å². The fourth-order valence-corrected chi connectivity index (χ4v) is 4.26. The average molecular weight is 486 g/mol. The number of nitrogens with one attached hydrogen (secondary N) is 2. The summed E-state index contributed by atoms with van der Waals surface area (Å²) in [5, 5.41) is 15.5. The maximum atomic E-state index is 12.8. The summed E-state index contributed by atoms with van der Waals surface area (Å²) in [5.74, 6) is 0.595. The number of carbonyl (C=O) groups excluding carboxylic acids is 2. The SMILES string of the molecule is CC(C)[C@H](NC(=O)c1ccccc1Cl)c1nnc(SCC(=O)NCCc2ccccc2)n1C. The van der Waals surface area contributed by atoms with Crippen LogP contribution in [0.5, 0.6) is 0 Å². The molecule has 0 aliphatic rings.